The Labute approximate surface area is 172 Å². The van der Waals surface area contributed by atoms with E-state index in [4.69, 9.17) is 14.2 Å². The first-order chi connectivity index (χ1) is 14.2. The summed E-state index contributed by atoms with van der Waals surface area (Å²) < 4.78 is 17.1. The van der Waals surface area contributed by atoms with Crippen molar-refractivity contribution < 1.29 is 19.0 Å². The summed E-state index contributed by atoms with van der Waals surface area (Å²) in [6.07, 6.45) is 4.33. The number of rotatable bonds is 10. The molecule has 0 saturated heterocycles. The Kier molecular flexibility index (Phi) is 8.42. The van der Waals surface area contributed by atoms with Crippen molar-refractivity contribution in [3.05, 3.63) is 18.2 Å². The predicted molar refractivity (Wildman–Crippen MR) is 113 cm³/mol. The molecule has 1 saturated carbocycles. The van der Waals surface area contributed by atoms with Crippen molar-refractivity contribution in [3.63, 3.8) is 0 Å². The first-order valence-corrected chi connectivity index (χ1v) is 10.5. The largest absolute Gasteiger partial charge is 0.490 e. The summed E-state index contributed by atoms with van der Waals surface area (Å²) in [6, 6.07) is 5.69. The lowest BCUT2D eigenvalue weighted by molar-refractivity contribution is -0.119. The molecule has 3 N–H and O–H groups in total. The third-order valence-corrected chi connectivity index (χ3v) is 4.57. The normalized spacial score (nSPS) is 16.1. The van der Waals surface area contributed by atoms with E-state index in [9.17, 15) is 4.79 Å². The van der Waals surface area contributed by atoms with E-state index in [0.29, 0.717) is 38.0 Å². The Balaban J connectivity index is 1.53. The number of carbonyl (C=O) groups excluding carboxylic acids is 1. The number of benzene rings is 1. The van der Waals surface area contributed by atoms with E-state index >= 15 is 0 Å². The van der Waals surface area contributed by atoms with Crippen LogP contribution in [0.25, 0.3) is 0 Å². The van der Waals surface area contributed by atoms with E-state index in [1.165, 1.54) is 12.8 Å². The molecular weight excluding hydrogens is 372 g/mol. The van der Waals surface area contributed by atoms with Gasteiger partial charge in [-0.25, -0.2) is 4.99 Å². The van der Waals surface area contributed by atoms with Crippen molar-refractivity contribution in [1.29, 1.82) is 0 Å². The molecule has 1 aliphatic heterocycles. The predicted octanol–water partition coefficient (Wildman–Crippen LogP) is 2.16. The van der Waals surface area contributed by atoms with E-state index < -0.39 is 0 Å². The monoisotopic (exact) mass is 404 g/mol. The second-order valence-electron chi connectivity index (χ2n) is 7.25. The second kappa shape index (κ2) is 11.5. The van der Waals surface area contributed by atoms with Crippen LogP contribution >= 0.6 is 0 Å². The molecule has 3 rings (SSSR count). The van der Waals surface area contributed by atoms with Crippen molar-refractivity contribution in [1.82, 2.24) is 10.6 Å². The molecule has 1 aliphatic carbocycles. The van der Waals surface area contributed by atoms with Crippen LogP contribution in [-0.2, 0) is 9.53 Å². The number of anilines is 1. The van der Waals surface area contributed by atoms with Crippen LogP contribution in [0.1, 0.15) is 32.6 Å². The number of aliphatic imine (C=N–C) groups is 1. The van der Waals surface area contributed by atoms with Crippen LogP contribution < -0.4 is 25.4 Å². The smallest absolute Gasteiger partial charge is 0.241 e. The van der Waals surface area contributed by atoms with Gasteiger partial charge in [0.2, 0.25) is 5.91 Å². The number of carbonyl (C=O) groups is 1. The van der Waals surface area contributed by atoms with Crippen molar-refractivity contribution in [2.75, 3.05) is 51.4 Å². The van der Waals surface area contributed by atoms with Crippen molar-refractivity contribution in [2.24, 2.45) is 10.9 Å². The van der Waals surface area contributed by atoms with E-state index in [0.717, 1.165) is 43.4 Å². The molecule has 8 heteroatoms. The fourth-order valence-corrected chi connectivity index (χ4v) is 2.84. The Hall–Kier alpha value is -2.48. The minimum atomic E-state index is -0.111. The van der Waals surface area contributed by atoms with E-state index in [1.54, 1.807) is 0 Å². The molecule has 1 heterocycles. The fourth-order valence-electron chi connectivity index (χ4n) is 2.84. The molecule has 0 radical (unpaired) electrons. The van der Waals surface area contributed by atoms with Gasteiger partial charge in [0, 0.05) is 44.5 Å². The van der Waals surface area contributed by atoms with Gasteiger partial charge in [-0.2, -0.15) is 0 Å². The minimum Gasteiger partial charge on any atom is -0.490 e. The van der Waals surface area contributed by atoms with Crippen LogP contribution in [0.15, 0.2) is 23.2 Å². The summed E-state index contributed by atoms with van der Waals surface area (Å²) in [5.41, 5.74) is 0.821. The molecule has 29 heavy (non-hydrogen) atoms. The third-order valence-electron chi connectivity index (χ3n) is 4.57. The lowest BCUT2D eigenvalue weighted by Gasteiger charge is -2.14. The van der Waals surface area contributed by atoms with Gasteiger partial charge in [-0.05, 0) is 44.2 Å². The van der Waals surface area contributed by atoms with Crippen molar-refractivity contribution in [3.8, 4) is 11.5 Å². The highest BCUT2D eigenvalue weighted by atomic mass is 16.5. The van der Waals surface area contributed by atoms with Crippen LogP contribution in [0, 0.1) is 5.92 Å². The molecule has 2 aliphatic rings. The van der Waals surface area contributed by atoms with Crippen molar-refractivity contribution in [2.45, 2.75) is 32.6 Å². The summed E-state index contributed by atoms with van der Waals surface area (Å²) in [7, 11) is 0. The number of nitrogens with one attached hydrogen (secondary N) is 3. The minimum absolute atomic E-state index is 0.0614. The summed E-state index contributed by atoms with van der Waals surface area (Å²) in [4.78, 5) is 16.2. The third kappa shape index (κ3) is 7.81. The Morgan fingerprint density at radius 1 is 1.21 bits per heavy atom. The van der Waals surface area contributed by atoms with Crippen LogP contribution in [0.3, 0.4) is 0 Å². The van der Waals surface area contributed by atoms with Gasteiger partial charge in [-0.15, -0.1) is 0 Å². The second-order valence-corrected chi connectivity index (χ2v) is 7.25. The number of guanidine groups is 1. The van der Waals surface area contributed by atoms with Gasteiger partial charge < -0.3 is 30.2 Å². The van der Waals surface area contributed by atoms with Crippen LogP contribution in [-0.4, -0.2) is 57.9 Å². The molecule has 1 amide bonds. The Bertz CT molecular complexity index is 691. The first kappa shape index (κ1) is 21.2. The maximum Gasteiger partial charge on any atom is 0.241 e. The maximum atomic E-state index is 11.8. The molecule has 1 aromatic rings. The first-order valence-electron chi connectivity index (χ1n) is 10.5. The Morgan fingerprint density at radius 3 is 2.83 bits per heavy atom. The number of likely N-dealkylation sites (N-methyl/N-ethyl adjacent to an activating group) is 1. The summed E-state index contributed by atoms with van der Waals surface area (Å²) in [5.74, 6) is 2.67. The summed E-state index contributed by atoms with van der Waals surface area (Å²) in [5, 5.41) is 9.27. The van der Waals surface area contributed by atoms with E-state index in [-0.39, 0.29) is 12.5 Å². The molecular formula is C21H32N4O4. The standard InChI is InChI=1S/C21H32N4O4/c1-2-22-20(26)14-24-21(23-9-3-10-27-15-16-5-6-16)25-17-7-8-18-19(13-17)29-12-4-11-28-18/h7-8,13,16H,2-6,9-12,14-15H2,1H3,(H,22,26)(H2,23,24,25). The summed E-state index contributed by atoms with van der Waals surface area (Å²) >= 11 is 0. The number of ether oxygens (including phenoxy) is 3. The number of nitrogens with zero attached hydrogens (tertiary/aromatic N) is 1. The molecule has 0 bridgehead atoms. The number of hydrogen-bond donors (Lipinski definition) is 3. The average molecular weight is 405 g/mol. The molecule has 0 aromatic heterocycles. The summed E-state index contributed by atoms with van der Waals surface area (Å²) in [6.45, 7) is 6.12. The zero-order chi connectivity index (χ0) is 20.3. The number of amides is 1. The molecule has 0 spiro atoms. The van der Waals surface area contributed by atoms with Crippen LogP contribution in [0.4, 0.5) is 5.69 Å². The molecule has 8 nitrogen and oxygen atoms in total. The lowest BCUT2D eigenvalue weighted by Crippen LogP contribution is -2.34. The van der Waals surface area contributed by atoms with Crippen molar-refractivity contribution >= 4 is 17.6 Å². The van der Waals surface area contributed by atoms with E-state index in [1.807, 2.05) is 25.1 Å². The highest BCUT2D eigenvalue weighted by Gasteiger charge is 2.20. The van der Waals surface area contributed by atoms with Crippen LogP contribution in [0.5, 0.6) is 11.5 Å². The van der Waals surface area contributed by atoms with Gasteiger partial charge >= 0.3 is 0 Å². The van der Waals surface area contributed by atoms with Crippen LogP contribution in [0.2, 0.25) is 0 Å². The molecule has 0 unspecified atom stereocenters. The molecule has 1 fully saturated rings. The van der Waals surface area contributed by atoms with Gasteiger partial charge in [0.05, 0.1) is 13.2 Å². The number of hydrogen-bond acceptors (Lipinski definition) is 5. The molecule has 160 valence electrons. The SMILES string of the molecule is CCNC(=O)CN=C(NCCCOCC1CC1)Nc1ccc2c(c1)OCCCO2. The number of fused-ring (bicyclic) bond motifs is 1. The Morgan fingerprint density at radius 2 is 2.03 bits per heavy atom. The zero-order valence-electron chi connectivity index (χ0n) is 17.2. The highest BCUT2D eigenvalue weighted by Crippen LogP contribution is 2.32. The maximum absolute atomic E-state index is 11.8. The highest BCUT2D eigenvalue weighted by molar-refractivity contribution is 5.95. The average Bonchev–Trinajstić information content (AvgIpc) is 3.55. The van der Waals surface area contributed by atoms with E-state index in [2.05, 4.69) is 20.9 Å². The lowest BCUT2D eigenvalue weighted by atomic mass is 10.2. The van der Waals surface area contributed by atoms with Gasteiger partial charge in [-0.3, -0.25) is 4.79 Å². The molecule has 0 atom stereocenters. The molecule has 1 aromatic carbocycles. The van der Waals surface area contributed by atoms with Gasteiger partial charge in [0.15, 0.2) is 17.5 Å². The van der Waals surface area contributed by atoms with Gasteiger partial charge in [0.25, 0.3) is 0 Å². The zero-order valence-corrected chi connectivity index (χ0v) is 17.2. The topological polar surface area (TPSA) is 93.2 Å². The van der Waals surface area contributed by atoms with Gasteiger partial charge in [0.1, 0.15) is 6.54 Å². The van der Waals surface area contributed by atoms with Gasteiger partial charge in [-0.1, -0.05) is 0 Å². The quantitative estimate of drug-likeness (QED) is 0.314. The fraction of sp³-hybridized carbons (Fsp3) is 0.619.